The van der Waals surface area contributed by atoms with Gasteiger partial charge in [0, 0.05) is 18.8 Å². The first-order valence-electron chi connectivity index (χ1n) is 17.3. The van der Waals surface area contributed by atoms with Gasteiger partial charge in [0.25, 0.3) is 0 Å². The number of ether oxygens (including phenoxy) is 5. The van der Waals surface area contributed by atoms with Gasteiger partial charge in [0.1, 0.15) is 24.2 Å². The Hall–Kier alpha value is -4.19. The lowest BCUT2D eigenvalue weighted by Crippen LogP contribution is -2.51. The van der Waals surface area contributed by atoms with Gasteiger partial charge in [-0.25, -0.2) is 13.2 Å². The zero-order chi connectivity index (χ0) is 36.3. The summed E-state index contributed by atoms with van der Waals surface area (Å²) in [4.78, 5) is 15.9. The molecule has 3 aromatic carbocycles. The minimum Gasteiger partial charge on any atom is -0.489 e. The lowest BCUT2D eigenvalue weighted by Gasteiger charge is -2.34. The summed E-state index contributed by atoms with van der Waals surface area (Å²) in [5, 5.41) is 9.21. The molecule has 0 saturated carbocycles. The van der Waals surface area contributed by atoms with Crippen LogP contribution >= 0.6 is 0 Å². The van der Waals surface area contributed by atoms with E-state index in [4.69, 9.17) is 29.4 Å². The summed E-state index contributed by atoms with van der Waals surface area (Å²) in [5.41, 5.74) is 7.55. The number of nitrogen functional groups attached to an aromatic ring is 1. The maximum atomic E-state index is 14.1. The summed E-state index contributed by atoms with van der Waals surface area (Å²) in [6.45, 7) is 8.86. The van der Waals surface area contributed by atoms with Crippen molar-refractivity contribution in [1.29, 1.82) is 5.26 Å². The molecule has 0 spiro atoms. The number of rotatable bonds is 12. The Bertz CT molecular complexity index is 1830. The zero-order valence-corrected chi connectivity index (χ0v) is 30.3. The molecule has 2 N–H and O–H groups in total. The standard InChI is InChI=1S/C38H46N4O8S/c1-25(2)21-41(51(44,45)31-14-10-29(40)11-15-31)22-34-33(19-26-8-12-30(13-9-26)47-23-28-7-5-6-27(18-28)20-39)42(38(3,4)50-34)37(43)49-35-24-48-36-32(35)16-17-46-36/h5-15,18,25,32-36H,16-17,19,21-24,40H2,1-4H3/t32-,33-,34+,35?,36+/m0/s1. The fraction of sp³-hybridized carbons (Fsp3) is 0.474. The highest BCUT2D eigenvalue weighted by atomic mass is 32.2. The number of hydrogen-bond acceptors (Lipinski definition) is 10. The van der Waals surface area contributed by atoms with Crippen LogP contribution in [0, 0.1) is 23.2 Å². The third kappa shape index (κ3) is 8.32. The van der Waals surface area contributed by atoms with E-state index >= 15 is 0 Å². The van der Waals surface area contributed by atoms with E-state index in [1.807, 2.05) is 50.2 Å². The number of benzene rings is 3. The van der Waals surface area contributed by atoms with Gasteiger partial charge >= 0.3 is 6.09 Å². The lowest BCUT2D eigenvalue weighted by atomic mass is 9.99. The van der Waals surface area contributed by atoms with Gasteiger partial charge in [-0.05, 0) is 92.3 Å². The van der Waals surface area contributed by atoms with E-state index in [1.165, 1.54) is 16.4 Å². The normalized spacial score (nSPS) is 24.1. The fourth-order valence-electron chi connectivity index (χ4n) is 7.07. The second-order valence-electron chi connectivity index (χ2n) is 14.2. The van der Waals surface area contributed by atoms with E-state index in [2.05, 4.69) is 6.07 Å². The summed E-state index contributed by atoms with van der Waals surface area (Å²) < 4.78 is 59.6. The molecule has 1 unspecified atom stereocenters. The number of nitriles is 1. The third-order valence-electron chi connectivity index (χ3n) is 9.51. The van der Waals surface area contributed by atoms with Crippen LogP contribution in [0.4, 0.5) is 10.5 Å². The average Bonchev–Trinajstić information content (AvgIpc) is 3.78. The van der Waals surface area contributed by atoms with Crippen LogP contribution in [0.3, 0.4) is 0 Å². The van der Waals surface area contributed by atoms with Crippen LogP contribution in [-0.2, 0) is 42.0 Å². The predicted molar refractivity (Wildman–Crippen MR) is 189 cm³/mol. The Balaban J connectivity index is 1.26. The molecule has 3 aromatic rings. The number of fused-ring (bicyclic) bond motifs is 1. The molecule has 12 nitrogen and oxygen atoms in total. The van der Waals surface area contributed by atoms with Gasteiger partial charge in [-0.1, -0.05) is 38.1 Å². The van der Waals surface area contributed by atoms with Gasteiger partial charge in [-0.3, -0.25) is 4.90 Å². The van der Waals surface area contributed by atoms with Crippen molar-refractivity contribution >= 4 is 21.8 Å². The number of anilines is 1. The molecule has 3 saturated heterocycles. The lowest BCUT2D eigenvalue weighted by molar-refractivity contribution is -0.0911. The van der Waals surface area contributed by atoms with E-state index < -0.39 is 40.1 Å². The molecule has 0 aromatic heterocycles. The quantitative estimate of drug-likeness (QED) is 0.244. The first kappa shape index (κ1) is 36.6. The van der Waals surface area contributed by atoms with Crippen molar-refractivity contribution < 1.29 is 36.9 Å². The topological polar surface area (TPSA) is 154 Å². The molecule has 3 aliphatic rings. The molecule has 51 heavy (non-hydrogen) atoms. The van der Waals surface area contributed by atoms with Crippen molar-refractivity contribution in [2.24, 2.45) is 11.8 Å². The van der Waals surface area contributed by atoms with Gasteiger partial charge in [-0.15, -0.1) is 0 Å². The molecular formula is C38H46N4O8S. The number of sulfonamides is 1. The van der Waals surface area contributed by atoms with Gasteiger partial charge in [0.2, 0.25) is 10.0 Å². The Labute approximate surface area is 300 Å². The van der Waals surface area contributed by atoms with Crippen molar-refractivity contribution in [2.45, 2.75) is 82.3 Å². The molecule has 3 fully saturated rings. The minimum atomic E-state index is -3.94. The molecule has 5 atom stereocenters. The van der Waals surface area contributed by atoms with Crippen molar-refractivity contribution in [3.05, 3.63) is 89.5 Å². The predicted octanol–water partition coefficient (Wildman–Crippen LogP) is 5.31. The number of nitrogens with two attached hydrogens (primary N) is 1. The van der Waals surface area contributed by atoms with Crippen LogP contribution < -0.4 is 10.5 Å². The molecule has 272 valence electrons. The highest BCUT2D eigenvalue weighted by Crippen LogP contribution is 2.39. The number of amides is 1. The van der Waals surface area contributed by atoms with E-state index in [1.54, 1.807) is 43.0 Å². The Morgan fingerprint density at radius 3 is 2.53 bits per heavy atom. The monoisotopic (exact) mass is 718 g/mol. The summed E-state index contributed by atoms with van der Waals surface area (Å²) in [5.74, 6) is 0.613. The SMILES string of the molecule is CC(C)CN(C[C@H]1OC(C)(C)N(C(=O)OC2CO[C@H]3OCC[C@@H]23)[C@H]1Cc1ccc(OCc2cccc(C#N)c2)cc1)S(=O)(=O)c1ccc(N)cc1. The van der Waals surface area contributed by atoms with E-state index in [0.717, 1.165) is 17.5 Å². The fourth-order valence-corrected chi connectivity index (χ4v) is 8.69. The summed E-state index contributed by atoms with van der Waals surface area (Å²) in [6, 6.07) is 22.5. The molecule has 0 radical (unpaired) electrons. The van der Waals surface area contributed by atoms with Crippen molar-refractivity contribution in [3.8, 4) is 11.8 Å². The molecule has 0 bridgehead atoms. The van der Waals surface area contributed by atoms with Crippen LogP contribution in [0.2, 0.25) is 0 Å². The molecular weight excluding hydrogens is 673 g/mol. The number of hydrogen-bond donors (Lipinski definition) is 1. The minimum absolute atomic E-state index is 0.0107. The summed E-state index contributed by atoms with van der Waals surface area (Å²) >= 11 is 0. The van der Waals surface area contributed by atoms with Crippen LogP contribution in [0.1, 0.15) is 50.8 Å². The van der Waals surface area contributed by atoms with Crippen LogP contribution in [-0.4, -0.2) is 80.3 Å². The van der Waals surface area contributed by atoms with Crippen LogP contribution in [0.5, 0.6) is 5.75 Å². The van der Waals surface area contributed by atoms with E-state index in [0.29, 0.717) is 36.6 Å². The first-order valence-corrected chi connectivity index (χ1v) is 18.8. The number of nitrogens with zero attached hydrogens (tertiary/aromatic N) is 3. The van der Waals surface area contributed by atoms with Crippen molar-refractivity contribution in [1.82, 2.24) is 9.21 Å². The number of carbonyl (C=O) groups excluding carboxylic acids is 1. The van der Waals surface area contributed by atoms with Crippen molar-refractivity contribution in [3.63, 3.8) is 0 Å². The smallest absolute Gasteiger partial charge is 0.412 e. The van der Waals surface area contributed by atoms with Gasteiger partial charge in [0.05, 0.1) is 47.8 Å². The molecule has 1 amide bonds. The summed E-state index contributed by atoms with van der Waals surface area (Å²) in [6.07, 6.45) is -0.991. The molecule has 3 heterocycles. The van der Waals surface area contributed by atoms with E-state index in [-0.39, 0.29) is 42.7 Å². The number of carbonyl (C=O) groups is 1. The maximum absolute atomic E-state index is 14.1. The Kier molecular flexibility index (Phi) is 10.9. The molecule has 3 aliphatic heterocycles. The van der Waals surface area contributed by atoms with Crippen molar-refractivity contribution in [2.75, 3.05) is 32.0 Å². The van der Waals surface area contributed by atoms with Crippen LogP contribution in [0.15, 0.2) is 77.7 Å². The molecule has 13 heteroatoms. The first-order chi connectivity index (χ1) is 24.3. The molecule has 6 rings (SSSR count). The van der Waals surface area contributed by atoms with E-state index in [9.17, 15) is 18.5 Å². The van der Waals surface area contributed by atoms with Gasteiger partial charge in [-0.2, -0.15) is 9.57 Å². The van der Waals surface area contributed by atoms with Gasteiger partial charge in [0.15, 0.2) is 6.29 Å². The highest BCUT2D eigenvalue weighted by Gasteiger charge is 2.53. The highest BCUT2D eigenvalue weighted by molar-refractivity contribution is 7.89. The van der Waals surface area contributed by atoms with Gasteiger partial charge < -0.3 is 29.4 Å². The third-order valence-corrected chi connectivity index (χ3v) is 11.4. The average molecular weight is 719 g/mol. The largest absolute Gasteiger partial charge is 0.489 e. The molecule has 0 aliphatic carbocycles. The second kappa shape index (κ2) is 15.2. The second-order valence-corrected chi connectivity index (χ2v) is 16.2. The Morgan fingerprint density at radius 2 is 1.82 bits per heavy atom. The maximum Gasteiger partial charge on any atom is 0.412 e. The Morgan fingerprint density at radius 1 is 1.08 bits per heavy atom. The zero-order valence-electron chi connectivity index (χ0n) is 29.4. The summed E-state index contributed by atoms with van der Waals surface area (Å²) in [7, 11) is -3.94. The van der Waals surface area contributed by atoms with Crippen LogP contribution in [0.25, 0.3) is 0 Å².